The van der Waals surface area contributed by atoms with Crippen molar-refractivity contribution in [2.75, 3.05) is 0 Å². The van der Waals surface area contributed by atoms with Gasteiger partial charge in [-0.05, 0) is 6.92 Å². The van der Waals surface area contributed by atoms with Crippen LogP contribution in [0.15, 0.2) is 0 Å². The largest absolute Gasteiger partial charge is 0.359 e. The Hall–Kier alpha value is 0.220. The highest BCUT2D eigenvalue weighted by Crippen LogP contribution is 2.66. The van der Waals surface area contributed by atoms with Crippen LogP contribution in [-0.2, 0) is 9.13 Å². The second kappa shape index (κ2) is 3.17. The molecule has 0 aliphatic heterocycles. The maximum Gasteiger partial charge on any atom is 0.359 e. The van der Waals surface area contributed by atoms with Gasteiger partial charge in [0.15, 0.2) is 0 Å². The number of hydrogen-bond acceptors (Lipinski definition) is 4. The monoisotopic (exact) mass is 221 g/mol. The molecule has 0 saturated heterocycles. The van der Waals surface area contributed by atoms with E-state index in [2.05, 4.69) is 0 Å². The Morgan fingerprint density at radius 1 is 1.08 bits per heavy atom. The molecule has 12 heavy (non-hydrogen) atoms. The molecule has 0 heterocycles. The van der Waals surface area contributed by atoms with Crippen LogP contribution < -0.4 is 5.48 Å². The van der Waals surface area contributed by atoms with Gasteiger partial charge < -0.3 is 24.8 Å². The summed E-state index contributed by atoms with van der Waals surface area (Å²) in [6, 6.07) is 0. The normalized spacial score (nSPS) is 14.8. The molecule has 0 spiro atoms. The molecule has 74 valence electrons. The van der Waals surface area contributed by atoms with Crippen molar-refractivity contribution in [1.82, 2.24) is 5.48 Å². The molecule has 0 aromatic rings. The zero-order valence-corrected chi connectivity index (χ0v) is 7.74. The topological polar surface area (TPSA) is 147 Å². The fourth-order valence-corrected chi connectivity index (χ4v) is 1.92. The van der Waals surface area contributed by atoms with Gasteiger partial charge in [0.2, 0.25) is 5.02 Å². The van der Waals surface area contributed by atoms with E-state index >= 15 is 0 Å². The fraction of sp³-hybridized carbons (Fsp3) is 1.00. The van der Waals surface area contributed by atoms with Gasteiger partial charge in [0.1, 0.15) is 0 Å². The quantitative estimate of drug-likeness (QED) is 0.262. The van der Waals surface area contributed by atoms with Crippen LogP contribution in [0, 0.1) is 0 Å². The first-order valence-electron chi connectivity index (χ1n) is 2.59. The number of hydroxylamine groups is 1. The van der Waals surface area contributed by atoms with Gasteiger partial charge >= 0.3 is 15.2 Å². The van der Waals surface area contributed by atoms with Crippen LogP contribution >= 0.6 is 15.2 Å². The molecule has 0 aliphatic carbocycles. The average molecular weight is 221 g/mol. The van der Waals surface area contributed by atoms with Gasteiger partial charge in [-0.25, -0.2) is 0 Å². The Kier molecular flexibility index (Phi) is 3.23. The van der Waals surface area contributed by atoms with E-state index in [1.54, 1.807) is 0 Å². The Morgan fingerprint density at radius 3 is 1.33 bits per heavy atom. The minimum atomic E-state index is -5.13. The van der Waals surface area contributed by atoms with Gasteiger partial charge in [-0.3, -0.25) is 9.13 Å². The lowest BCUT2D eigenvalue weighted by Crippen LogP contribution is -2.39. The maximum atomic E-state index is 10.5. The molecule has 0 unspecified atom stereocenters. The van der Waals surface area contributed by atoms with E-state index in [1.165, 1.54) is 0 Å². The zero-order chi connectivity index (χ0) is 10.2. The molecule has 6 N–H and O–H groups in total. The van der Waals surface area contributed by atoms with Crippen molar-refractivity contribution in [1.29, 1.82) is 0 Å². The van der Waals surface area contributed by atoms with Crippen LogP contribution in [0.2, 0.25) is 0 Å². The third-order valence-electron chi connectivity index (χ3n) is 1.35. The Labute approximate surface area is 67.5 Å². The second-order valence-corrected chi connectivity index (χ2v) is 6.54. The molecule has 0 radical (unpaired) electrons. The van der Waals surface area contributed by atoms with E-state index in [-0.39, 0.29) is 0 Å². The van der Waals surface area contributed by atoms with Crippen molar-refractivity contribution in [3.63, 3.8) is 0 Å². The molecule has 0 aromatic carbocycles. The van der Waals surface area contributed by atoms with Gasteiger partial charge in [-0.1, -0.05) is 0 Å². The van der Waals surface area contributed by atoms with Crippen molar-refractivity contribution >= 4 is 15.2 Å². The van der Waals surface area contributed by atoms with Crippen molar-refractivity contribution in [2.24, 2.45) is 0 Å². The van der Waals surface area contributed by atoms with Crippen molar-refractivity contribution < 1.29 is 33.9 Å². The first-order valence-corrected chi connectivity index (χ1v) is 5.81. The molecule has 0 atom stereocenters. The summed E-state index contributed by atoms with van der Waals surface area (Å²) < 4.78 is 21.0. The van der Waals surface area contributed by atoms with Crippen molar-refractivity contribution in [3.8, 4) is 0 Å². The van der Waals surface area contributed by atoms with Gasteiger partial charge in [0, 0.05) is 0 Å². The summed E-state index contributed by atoms with van der Waals surface area (Å²) in [5.41, 5.74) is 0.932. The second-order valence-electron chi connectivity index (χ2n) is 2.22. The van der Waals surface area contributed by atoms with Crippen LogP contribution in [0.5, 0.6) is 0 Å². The zero-order valence-electron chi connectivity index (χ0n) is 5.95. The van der Waals surface area contributed by atoms with Gasteiger partial charge in [-0.2, -0.15) is 5.48 Å². The van der Waals surface area contributed by atoms with Crippen LogP contribution in [0.25, 0.3) is 0 Å². The highest BCUT2D eigenvalue weighted by atomic mass is 31.2. The summed E-state index contributed by atoms with van der Waals surface area (Å²) in [6.45, 7) is 0.522. The summed E-state index contributed by atoms with van der Waals surface area (Å²) in [5, 5.41) is 5.28. The minimum Gasteiger partial charge on any atom is -0.323 e. The summed E-state index contributed by atoms with van der Waals surface area (Å²) >= 11 is 0. The lowest BCUT2D eigenvalue weighted by molar-refractivity contribution is 0.117. The fourth-order valence-electron chi connectivity index (χ4n) is 0.300. The molecule has 0 aromatic heterocycles. The van der Waals surface area contributed by atoms with Crippen molar-refractivity contribution in [2.45, 2.75) is 11.9 Å². The molecule has 0 amide bonds. The molecule has 0 aliphatic rings. The third-order valence-corrected chi connectivity index (χ3v) is 5.38. The van der Waals surface area contributed by atoms with Crippen LogP contribution in [0.3, 0.4) is 0 Å². The van der Waals surface area contributed by atoms with Gasteiger partial charge in [-0.15, -0.1) is 0 Å². The van der Waals surface area contributed by atoms with E-state index in [0.717, 1.165) is 5.48 Å². The predicted molar refractivity (Wildman–Crippen MR) is 37.4 cm³/mol. The molecule has 0 bridgehead atoms. The van der Waals surface area contributed by atoms with Crippen LogP contribution in [0.4, 0.5) is 0 Å². The number of nitrogens with one attached hydrogen (secondary N) is 1. The van der Waals surface area contributed by atoms with E-state index < -0.39 is 20.2 Å². The highest BCUT2D eigenvalue weighted by Gasteiger charge is 2.56. The molecule has 10 heteroatoms. The Bertz CT molecular complexity index is 228. The van der Waals surface area contributed by atoms with Crippen LogP contribution in [-0.4, -0.2) is 29.8 Å². The first-order chi connectivity index (χ1) is 5.06. The van der Waals surface area contributed by atoms with E-state index in [1.807, 2.05) is 0 Å². The third kappa shape index (κ3) is 1.93. The smallest absolute Gasteiger partial charge is 0.323 e. The van der Waals surface area contributed by atoms with E-state index in [9.17, 15) is 9.13 Å². The summed E-state index contributed by atoms with van der Waals surface area (Å²) in [6.07, 6.45) is 0. The lowest BCUT2D eigenvalue weighted by Gasteiger charge is -2.28. The standard InChI is InChI=1S/C2H9NO7P2/c1-2(3-4,11(5,6)7)12(8,9)10/h3-4H,1H3,(H2,5,6,7)(H2,8,9,10). The van der Waals surface area contributed by atoms with Crippen molar-refractivity contribution in [3.05, 3.63) is 0 Å². The average Bonchev–Trinajstić information content (AvgIpc) is 1.81. The van der Waals surface area contributed by atoms with Crippen LogP contribution in [0.1, 0.15) is 6.92 Å². The number of rotatable bonds is 3. The first kappa shape index (κ1) is 12.2. The van der Waals surface area contributed by atoms with E-state index in [4.69, 9.17) is 24.8 Å². The molecule has 0 fully saturated rings. The Balaban J connectivity index is 5.25. The highest BCUT2D eigenvalue weighted by molar-refractivity contribution is 7.72. The molecular weight excluding hydrogens is 212 g/mol. The predicted octanol–water partition coefficient (Wildman–Crippen LogP) is -1.01. The lowest BCUT2D eigenvalue weighted by atomic mass is 10.8. The molecule has 0 rings (SSSR count). The molecule has 0 saturated carbocycles. The summed E-state index contributed by atoms with van der Waals surface area (Å²) in [4.78, 5) is 33.9. The minimum absolute atomic E-state index is 0.522. The summed E-state index contributed by atoms with van der Waals surface area (Å²) in [5.74, 6) is 0. The summed E-state index contributed by atoms with van der Waals surface area (Å²) in [7, 11) is -10.3. The SMILES string of the molecule is CC(NO)(P(=O)(O)O)P(=O)(O)O. The van der Waals surface area contributed by atoms with Gasteiger partial charge in [0.05, 0.1) is 0 Å². The number of hydrogen-bond donors (Lipinski definition) is 6. The van der Waals surface area contributed by atoms with Gasteiger partial charge in [0.25, 0.3) is 0 Å². The molecule has 8 nitrogen and oxygen atoms in total. The molecular formula is C2H9NO7P2. The Morgan fingerprint density at radius 2 is 1.33 bits per heavy atom. The maximum absolute atomic E-state index is 10.5. The van der Waals surface area contributed by atoms with E-state index in [0.29, 0.717) is 6.92 Å².